The number of thiazole rings is 2. The molecule has 100 valence electrons. The van der Waals surface area contributed by atoms with Crippen LogP contribution >= 0.6 is 71.2 Å². The van der Waals surface area contributed by atoms with E-state index in [4.69, 9.17) is 28.1 Å². The first kappa shape index (κ1) is 15.1. The Bertz CT molecular complexity index is 479. The third kappa shape index (κ3) is 5.69. The molecule has 0 unspecified atom stereocenters. The number of hydrogen-bond donors (Lipinski definition) is 2. The van der Waals surface area contributed by atoms with Gasteiger partial charge in [0, 0.05) is 23.2 Å². The van der Waals surface area contributed by atoms with Gasteiger partial charge in [-0.3, -0.25) is 0 Å². The Kier molecular flexibility index (Phi) is 6.43. The standard InChI is InChI=1S/C8H6N4OS6/c14-7(11-5-9-1-3-16-5)18-13-19-8(15)12-6-10-2-4-17-6/h1-4H,(H,9,11,14)(H,10,12,15). The van der Waals surface area contributed by atoms with Gasteiger partial charge in [-0.1, -0.05) is 0 Å². The van der Waals surface area contributed by atoms with Gasteiger partial charge in [-0.2, -0.15) is 0 Å². The highest BCUT2D eigenvalue weighted by Gasteiger charge is 2.05. The van der Waals surface area contributed by atoms with E-state index in [1.807, 2.05) is 10.8 Å². The molecule has 0 spiro atoms. The van der Waals surface area contributed by atoms with Crippen LogP contribution in [0.25, 0.3) is 0 Å². The minimum atomic E-state index is 0.472. The Hall–Kier alpha value is -0.300. The largest absolute Gasteiger partial charge is 0.315 e. The smallest absolute Gasteiger partial charge is 0.188 e. The Balaban J connectivity index is 1.63. The second kappa shape index (κ2) is 8.09. The second-order valence-corrected chi connectivity index (χ2v) is 7.55. The van der Waals surface area contributed by atoms with E-state index in [0.717, 1.165) is 34.3 Å². The highest BCUT2D eigenvalue weighted by Crippen LogP contribution is 2.22. The molecule has 0 amide bonds. The summed E-state index contributed by atoms with van der Waals surface area (Å²) in [5.74, 6) is 0. The van der Waals surface area contributed by atoms with E-state index >= 15 is 0 Å². The molecule has 2 N–H and O–H groups in total. The van der Waals surface area contributed by atoms with Crippen molar-refractivity contribution in [3.8, 4) is 0 Å². The van der Waals surface area contributed by atoms with Crippen LogP contribution in [0, 0.1) is 0 Å². The molecule has 0 saturated heterocycles. The van der Waals surface area contributed by atoms with Gasteiger partial charge in [0.25, 0.3) is 0 Å². The van der Waals surface area contributed by atoms with Crippen LogP contribution < -0.4 is 10.6 Å². The van der Waals surface area contributed by atoms with Crippen molar-refractivity contribution in [1.29, 1.82) is 0 Å². The zero-order valence-electron chi connectivity index (χ0n) is 9.06. The summed E-state index contributed by atoms with van der Waals surface area (Å²) < 4.78 is 6.18. The molecule has 0 aliphatic carbocycles. The van der Waals surface area contributed by atoms with Crippen molar-refractivity contribution in [2.45, 2.75) is 0 Å². The van der Waals surface area contributed by atoms with Gasteiger partial charge >= 0.3 is 0 Å². The third-order valence-corrected chi connectivity index (χ3v) is 4.54. The maximum absolute atomic E-state index is 5.23. The van der Waals surface area contributed by atoms with Crippen molar-refractivity contribution < 1.29 is 3.63 Å². The molecule has 0 aromatic carbocycles. The first-order valence-electron chi connectivity index (χ1n) is 4.66. The van der Waals surface area contributed by atoms with E-state index in [0.29, 0.717) is 8.64 Å². The van der Waals surface area contributed by atoms with Gasteiger partial charge in [0.15, 0.2) is 18.9 Å². The topological polar surface area (TPSA) is 59.1 Å². The van der Waals surface area contributed by atoms with Crippen molar-refractivity contribution in [2.75, 3.05) is 10.6 Å². The lowest BCUT2D eigenvalue weighted by Gasteiger charge is -2.04. The average Bonchev–Trinajstić information content (AvgIpc) is 3.02. The number of aromatic nitrogens is 2. The minimum absolute atomic E-state index is 0.472. The molecular formula is C8H6N4OS6. The van der Waals surface area contributed by atoms with E-state index in [1.165, 1.54) is 22.7 Å². The lowest BCUT2D eigenvalue weighted by atomic mass is 11.0. The summed E-state index contributed by atoms with van der Waals surface area (Å²) in [6, 6.07) is 0. The fourth-order valence-corrected chi connectivity index (χ4v) is 3.79. The van der Waals surface area contributed by atoms with E-state index < -0.39 is 0 Å². The van der Waals surface area contributed by atoms with Crippen LogP contribution in [0.3, 0.4) is 0 Å². The summed E-state index contributed by atoms with van der Waals surface area (Å²) >= 11 is 15.1. The maximum atomic E-state index is 5.23. The van der Waals surface area contributed by atoms with Crippen LogP contribution in [0.5, 0.6) is 0 Å². The first-order valence-corrected chi connectivity index (χ1v) is 8.72. The normalized spacial score (nSPS) is 10.1. The zero-order valence-corrected chi connectivity index (χ0v) is 14.0. The van der Waals surface area contributed by atoms with Crippen molar-refractivity contribution in [1.82, 2.24) is 9.97 Å². The Morgan fingerprint density at radius 3 is 1.84 bits per heavy atom. The summed E-state index contributed by atoms with van der Waals surface area (Å²) in [5.41, 5.74) is 0. The summed E-state index contributed by atoms with van der Waals surface area (Å²) in [6.45, 7) is 0. The Labute approximate surface area is 137 Å². The molecule has 0 radical (unpaired) electrons. The molecule has 2 aromatic heterocycles. The van der Waals surface area contributed by atoms with Crippen LogP contribution in [0.15, 0.2) is 23.2 Å². The fraction of sp³-hybridized carbons (Fsp3) is 0. The molecule has 11 heteroatoms. The second-order valence-electron chi connectivity index (χ2n) is 2.73. The lowest BCUT2D eigenvalue weighted by Crippen LogP contribution is -2.06. The molecule has 5 nitrogen and oxygen atoms in total. The van der Waals surface area contributed by atoms with Gasteiger partial charge in [-0.25, -0.2) is 13.6 Å². The van der Waals surface area contributed by atoms with Crippen molar-refractivity contribution in [2.24, 2.45) is 0 Å². The monoisotopic (exact) mass is 366 g/mol. The van der Waals surface area contributed by atoms with Gasteiger partial charge < -0.3 is 10.6 Å². The van der Waals surface area contributed by atoms with Crippen LogP contribution in [0.2, 0.25) is 0 Å². The first-order chi connectivity index (χ1) is 9.24. The molecule has 2 heterocycles. The predicted molar refractivity (Wildman–Crippen MR) is 92.9 cm³/mol. The lowest BCUT2D eigenvalue weighted by molar-refractivity contribution is 0.779. The number of nitrogens with one attached hydrogen (secondary N) is 2. The molecule has 0 saturated carbocycles. The fourth-order valence-electron chi connectivity index (χ4n) is 0.865. The number of hydrogen-bond acceptors (Lipinski definition) is 9. The summed E-state index contributed by atoms with van der Waals surface area (Å²) in [5, 5.41) is 11.0. The number of thiocarbonyl (C=S) groups is 2. The molecule has 2 rings (SSSR count). The summed E-state index contributed by atoms with van der Waals surface area (Å²) in [6.07, 6.45) is 3.39. The average molecular weight is 367 g/mol. The highest BCUT2D eigenvalue weighted by atomic mass is 32.2. The van der Waals surface area contributed by atoms with Gasteiger partial charge in [-0.15, -0.1) is 22.7 Å². The van der Waals surface area contributed by atoms with E-state index in [2.05, 4.69) is 20.6 Å². The van der Waals surface area contributed by atoms with Crippen LogP contribution in [0.1, 0.15) is 0 Å². The van der Waals surface area contributed by atoms with E-state index in [9.17, 15) is 0 Å². The molecule has 0 fully saturated rings. The molecule has 0 atom stereocenters. The van der Waals surface area contributed by atoms with Gasteiger partial charge in [0.2, 0.25) is 0 Å². The maximum Gasteiger partial charge on any atom is 0.188 e. The minimum Gasteiger partial charge on any atom is -0.315 e. The highest BCUT2D eigenvalue weighted by molar-refractivity contribution is 8.29. The molecule has 0 bridgehead atoms. The summed E-state index contributed by atoms with van der Waals surface area (Å²) in [4.78, 5) is 8.10. The number of nitrogens with zero attached hydrogens (tertiary/aromatic N) is 2. The molecule has 19 heavy (non-hydrogen) atoms. The Morgan fingerprint density at radius 2 is 1.47 bits per heavy atom. The van der Waals surface area contributed by atoms with Crippen LogP contribution in [0.4, 0.5) is 10.3 Å². The quantitative estimate of drug-likeness (QED) is 0.617. The van der Waals surface area contributed by atoms with E-state index in [-0.39, 0.29) is 0 Å². The predicted octanol–water partition coefficient (Wildman–Crippen LogP) is 4.01. The third-order valence-electron chi connectivity index (χ3n) is 1.50. The van der Waals surface area contributed by atoms with Crippen LogP contribution in [-0.4, -0.2) is 18.6 Å². The van der Waals surface area contributed by atoms with Gasteiger partial charge in [0.05, 0.1) is 24.1 Å². The Morgan fingerprint density at radius 1 is 1.00 bits per heavy atom. The van der Waals surface area contributed by atoms with Crippen molar-refractivity contribution in [3.05, 3.63) is 23.2 Å². The molecule has 0 aliphatic rings. The van der Waals surface area contributed by atoms with Crippen molar-refractivity contribution in [3.63, 3.8) is 0 Å². The zero-order chi connectivity index (χ0) is 13.5. The van der Waals surface area contributed by atoms with E-state index in [1.54, 1.807) is 12.4 Å². The molecular weight excluding hydrogens is 361 g/mol. The van der Waals surface area contributed by atoms with Crippen LogP contribution in [-0.2, 0) is 3.63 Å². The van der Waals surface area contributed by atoms with Gasteiger partial charge in [-0.05, 0) is 24.4 Å². The molecule has 0 aliphatic heterocycles. The molecule has 2 aromatic rings. The van der Waals surface area contributed by atoms with Crippen molar-refractivity contribution >= 4 is 90.1 Å². The summed E-state index contributed by atoms with van der Waals surface area (Å²) in [7, 11) is 0. The number of anilines is 2. The number of rotatable bonds is 4. The SMILES string of the molecule is S=C(Nc1nccs1)SOSC(=S)Nc1nccs1. The van der Waals surface area contributed by atoms with Gasteiger partial charge in [0.1, 0.15) is 0 Å².